The van der Waals surface area contributed by atoms with Crippen molar-refractivity contribution in [3.63, 3.8) is 0 Å². The van der Waals surface area contributed by atoms with E-state index in [1.807, 2.05) is 29.6 Å². The van der Waals surface area contributed by atoms with Crippen molar-refractivity contribution in [2.24, 2.45) is 0 Å². The van der Waals surface area contributed by atoms with Gasteiger partial charge >= 0.3 is 0 Å². The summed E-state index contributed by atoms with van der Waals surface area (Å²) in [7, 11) is 1.56. The first-order valence-corrected chi connectivity index (χ1v) is 9.00. The smallest absolute Gasteiger partial charge is 0.238 e. The maximum absolute atomic E-state index is 13.2. The Labute approximate surface area is 155 Å². The Morgan fingerprint density at radius 1 is 1.12 bits per heavy atom. The van der Waals surface area contributed by atoms with Gasteiger partial charge in [-0.15, -0.1) is 11.3 Å². The highest BCUT2D eigenvalue weighted by atomic mass is 32.1. The van der Waals surface area contributed by atoms with Crippen LogP contribution in [0.5, 0.6) is 5.75 Å². The Bertz CT molecular complexity index is 851. The Balaban J connectivity index is 1.70. The summed E-state index contributed by atoms with van der Waals surface area (Å²) >= 11 is 1.58. The van der Waals surface area contributed by atoms with Crippen molar-refractivity contribution < 1.29 is 13.9 Å². The molecule has 1 aromatic heterocycles. The molecular formula is C20H19FN2O2S. The second-order valence-corrected chi connectivity index (χ2v) is 6.61. The lowest BCUT2D eigenvalue weighted by molar-refractivity contribution is -0.115. The largest absolute Gasteiger partial charge is 0.495 e. The molecule has 1 atom stereocenters. The van der Waals surface area contributed by atoms with E-state index in [1.54, 1.807) is 42.7 Å². The quantitative estimate of drug-likeness (QED) is 0.655. The molecule has 0 aliphatic carbocycles. The average molecular weight is 370 g/mol. The molecule has 3 aromatic rings. The van der Waals surface area contributed by atoms with Crippen LogP contribution >= 0.6 is 11.3 Å². The molecule has 2 aromatic carbocycles. The topological polar surface area (TPSA) is 50.4 Å². The summed E-state index contributed by atoms with van der Waals surface area (Å²) in [5, 5.41) is 8.06. The van der Waals surface area contributed by atoms with Crippen LogP contribution in [0.4, 0.5) is 10.1 Å². The number of halogens is 1. The van der Waals surface area contributed by atoms with Crippen molar-refractivity contribution in [2.45, 2.75) is 6.04 Å². The van der Waals surface area contributed by atoms with E-state index in [0.29, 0.717) is 11.4 Å². The number of ether oxygens (including phenoxy) is 1. The highest BCUT2D eigenvalue weighted by Gasteiger charge is 2.17. The lowest BCUT2D eigenvalue weighted by atomic mass is 10.1. The zero-order valence-corrected chi connectivity index (χ0v) is 15.1. The highest BCUT2D eigenvalue weighted by Crippen LogP contribution is 2.26. The summed E-state index contributed by atoms with van der Waals surface area (Å²) < 4.78 is 18.5. The third-order valence-electron chi connectivity index (χ3n) is 3.88. The maximum atomic E-state index is 13.2. The molecule has 0 radical (unpaired) electrons. The number of anilines is 1. The van der Waals surface area contributed by atoms with Crippen molar-refractivity contribution in [3.05, 3.63) is 82.3 Å². The molecule has 0 fully saturated rings. The van der Waals surface area contributed by atoms with E-state index in [4.69, 9.17) is 4.74 Å². The number of rotatable bonds is 7. The van der Waals surface area contributed by atoms with Crippen LogP contribution in [-0.4, -0.2) is 19.6 Å². The van der Waals surface area contributed by atoms with Crippen LogP contribution in [0.3, 0.4) is 0 Å². The fourth-order valence-electron chi connectivity index (χ4n) is 2.63. The number of hydrogen-bond donors (Lipinski definition) is 2. The van der Waals surface area contributed by atoms with Crippen molar-refractivity contribution in [2.75, 3.05) is 19.0 Å². The Kier molecular flexibility index (Phi) is 5.99. The minimum atomic E-state index is -0.285. The molecule has 0 spiro atoms. The molecule has 26 heavy (non-hydrogen) atoms. The van der Waals surface area contributed by atoms with Gasteiger partial charge in [-0.1, -0.05) is 30.3 Å². The van der Waals surface area contributed by atoms with Crippen molar-refractivity contribution in [3.8, 4) is 5.75 Å². The summed E-state index contributed by atoms with van der Waals surface area (Å²) in [5.41, 5.74) is 1.52. The van der Waals surface area contributed by atoms with Crippen molar-refractivity contribution in [1.82, 2.24) is 5.32 Å². The summed E-state index contributed by atoms with van der Waals surface area (Å²) in [5.74, 6) is 0.139. The van der Waals surface area contributed by atoms with Crippen LogP contribution in [0.2, 0.25) is 0 Å². The number of nitrogens with one attached hydrogen (secondary N) is 2. The number of amides is 1. The molecule has 6 heteroatoms. The zero-order valence-electron chi connectivity index (χ0n) is 14.2. The number of carbonyl (C=O) groups is 1. The first-order valence-electron chi connectivity index (χ1n) is 8.12. The zero-order chi connectivity index (χ0) is 18.4. The summed E-state index contributed by atoms with van der Waals surface area (Å²) in [4.78, 5) is 13.4. The van der Waals surface area contributed by atoms with Crippen LogP contribution in [0.25, 0.3) is 0 Å². The van der Waals surface area contributed by atoms with Gasteiger partial charge < -0.3 is 10.1 Å². The predicted molar refractivity (Wildman–Crippen MR) is 102 cm³/mol. The third-order valence-corrected chi connectivity index (χ3v) is 4.82. The summed E-state index contributed by atoms with van der Waals surface area (Å²) in [6, 6.07) is 17.3. The summed E-state index contributed by atoms with van der Waals surface area (Å²) in [6.07, 6.45) is 0. The lowest BCUT2D eigenvalue weighted by Crippen LogP contribution is -2.31. The third kappa shape index (κ3) is 4.47. The molecule has 1 heterocycles. The van der Waals surface area contributed by atoms with Crippen molar-refractivity contribution >= 4 is 22.9 Å². The van der Waals surface area contributed by atoms with Crippen molar-refractivity contribution in [1.29, 1.82) is 0 Å². The van der Waals surface area contributed by atoms with Gasteiger partial charge in [0.2, 0.25) is 5.91 Å². The Morgan fingerprint density at radius 2 is 1.88 bits per heavy atom. The standard InChI is InChI=1S/C20H19FN2O2S/c1-25-17-6-3-2-5-16(17)23-19(24)13-22-20(18-7-4-12-26-18)14-8-10-15(21)11-9-14/h2-12,20,22H,13H2,1H3,(H,23,24)/t20-/m1/s1. The minimum absolute atomic E-state index is 0.109. The minimum Gasteiger partial charge on any atom is -0.495 e. The van der Waals surface area contributed by atoms with E-state index in [1.165, 1.54) is 12.1 Å². The highest BCUT2D eigenvalue weighted by molar-refractivity contribution is 7.10. The summed E-state index contributed by atoms with van der Waals surface area (Å²) in [6.45, 7) is 0.109. The van der Waals surface area contributed by atoms with E-state index >= 15 is 0 Å². The van der Waals surface area contributed by atoms with Gasteiger partial charge in [-0.25, -0.2) is 4.39 Å². The molecule has 0 aliphatic rings. The van der Waals surface area contributed by atoms with Crippen LogP contribution in [-0.2, 0) is 4.79 Å². The molecule has 3 rings (SSSR count). The van der Waals surface area contributed by atoms with E-state index in [2.05, 4.69) is 10.6 Å². The van der Waals surface area contributed by atoms with Gasteiger partial charge in [-0.2, -0.15) is 0 Å². The van der Waals surface area contributed by atoms with E-state index in [-0.39, 0.29) is 24.3 Å². The molecule has 4 nitrogen and oxygen atoms in total. The SMILES string of the molecule is COc1ccccc1NC(=O)CN[C@H](c1ccc(F)cc1)c1cccs1. The lowest BCUT2D eigenvalue weighted by Gasteiger charge is -2.18. The molecule has 0 saturated carbocycles. The number of benzene rings is 2. The van der Waals surface area contributed by atoms with Gasteiger partial charge in [0.1, 0.15) is 11.6 Å². The molecule has 0 unspecified atom stereocenters. The van der Waals surface area contributed by atoms with Gasteiger partial charge in [0.05, 0.1) is 25.4 Å². The molecule has 1 amide bonds. The molecule has 0 aliphatic heterocycles. The second-order valence-electron chi connectivity index (χ2n) is 5.63. The predicted octanol–water partition coefficient (Wildman–Crippen LogP) is 4.21. The monoisotopic (exact) mass is 370 g/mol. The molecule has 2 N–H and O–H groups in total. The van der Waals surface area contributed by atoms with Gasteiger partial charge in [0.25, 0.3) is 0 Å². The van der Waals surface area contributed by atoms with Gasteiger partial charge in [0, 0.05) is 4.88 Å². The normalized spacial score (nSPS) is 11.8. The number of thiophene rings is 1. The second kappa shape index (κ2) is 8.60. The molecular weight excluding hydrogens is 351 g/mol. The fraction of sp³-hybridized carbons (Fsp3) is 0.150. The van der Waals surface area contributed by atoms with Gasteiger partial charge in [0.15, 0.2) is 0 Å². The van der Waals surface area contributed by atoms with Crippen LogP contribution < -0.4 is 15.4 Å². The molecule has 134 valence electrons. The van der Waals surface area contributed by atoms with Gasteiger partial charge in [-0.3, -0.25) is 10.1 Å². The average Bonchev–Trinajstić information content (AvgIpc) is 3.18. The van der Waals surface area contributed by atoms with Crippen LogP contribution in [0, 0.1) is 5.82 Å². The van der Waals surface area contributed by atoms with E-state index in [0.717, 1.165) is 10.4 Å². The number of carbonyl (C=O) groups excluding carboxylic acids is 1. The van der Waals surface area contributed by atoms with E-state index in [9.17, 15) is 9.18 Å². The number of para-hydroxylation sites is 2. The van der Waals surface area contributed by atoms with Crippen LogP contribution in [0.15, 0.2) is 66.0 Å². The Morgan fingerprint density at radius 3 is 2.58 bits per heavy atom. The first kappa shape index (κ1) is 18.1. The van der Waals surface area contributed by atoms with Gasteiger partial charge in [-0.05, 0) is 41.3 Å². The maximum Gasteiger partial charge on any atom is 0.238 e. The molecule has 0 bridgehead atoms. The van der Waals surface area contributed by atoms with Crippen LogP contribution in [0.1, 0.15) is 16.5 Å². The molecule has 0 saturated heterocycles. The first-order chi connectivity index (χ1) is 12.7. The fourth-order valence-corrected chi connectivity index (χ4v) is 3.46. The number of methoxy groups -OCH3 is 1. The van der Waals surface area contributed by atoms with E-state index < -0.39 is 0 Å². The Hall–Kier alpha value is -2.70. The number of hydrogen-bond acceptors (Lipinski definition) is 4.